The Morgan fingerprint density at radius 1 is 1.35 bits per heavy atom. The van der Waals surface area contributed by atoms with Crippen LogP contribution in [0.5, 0.6) is 5.75 Å². The van der Waals surface area contributed by atoms with E-state index in [1.165, 1.54) is 16.9 Å². The van der Waals surface area contributed by atoms with E-state index in [-0.39, 0.29) is 17.6 Å². The van der Waals surface area contributed by atoms with Gasteiger partial charge in [0.15, 0.2) is 5.03 Å². The maximum atomic E-state index is 12.5. The van der Waals surface area contributed by atoms with Crippen LogP contribution in [0.1, 0.15) is 37.4 Å². The fraction of sp³-hybridized carbons (Fsp3) is 0.438. The van der Waals surface area contributed by atoms with Gasteiger partial charge in [-0.2, -0.15) is 5.10 Å². The Bertz CT molecular complexity index is 797. The van der Waals surface area contributed by atoms with Crippen LogP contribution in [0, 0.1) is 0 Å². The highest BCUT2D eigenvalue weighted by molar-refractivity contribution is 7.89. The third kappa shape index (κ3) is 3.40. The number of ether oxygens (including phenoxy) is 1. The zero-order valence-corrected chi connectivity index (χ0v) is 14.1. The molecule has 1 aliphatic heterocycles. The molecule has 1 aromatic carbocycles. The molecular weight excluding hydrogens is 314 g/mol. The molecule has 2 heterocycles. The molecule has 0 unspecified atom stereocenters. The minimum Gasteiger partial charge on any atom is -0.493 e. The standard InChI is InChI=1S/C16H21N3O3S/c1-12(2)19-16(7-8-17-19)23(20,21)18-11-13-5-6-15-14(10-13)4-3-9-22-15/h5-8,10,12,18H,3-4,9,11H2,1-2H3. The van der Waals surface area contributed by atoms with Crippen molar-refractivity contribution < 1.29 is 13.2 Å². The summed E-state index contributed by atoms with van der Waals surface area (Å²) in [6.45, 7) is 4.79. The van der Waals surface area contributed by atoms with Gasteiger partial charge in [-0.25, -0.2) is 13.1 Å². The van der Waals surface area contributed by atoms with E-state index < -0.39 is 10.0 Å². The fourth-order valence-electron chi connectivity index (χ4n) is 2.68. The lowest BCUT2D eigenvalue weighted by molar-refractivity contribution is 0.288. The van der Waals surface area contributed by atoms with Crippen molar-refractivity contribution in [3.8, 4) is 5.75 Å². The van der Waals surface area contributed by atoms with Gasteiger partial charge in [0.25, 0.3) is 10.0 Å². The predicted octanol–water partition coefficient (Wildman–Crippen LogP) is 2.27. The number of rotatable bonds is 5. The molecule has 0 saturated heterocycles. The van der Waals surface area contributed by atoms with E-state index in [9.17, 15) is 8.42 Å². The second kappa shape index (κ2) is 6.33. The molecule has 7 heteroatoms. The van der Waals surface area contributed by atoms with Crippen LogP contribution >= 0.6 is 0 Å². The van der Waals surface area contributed by atoms with E-state index in [2.05, 4.69) is 9.82 Å². The lowest BCUT2D eigenvalue weighted by Crippen LogP contribution is -2.26. The van der Waals surface area contributed by atoms with Gasteiger partial charge in [0, 0.05) is 12.6 Å². The first-order valence-electron chi connectivity index (χ1n) is 7.75. The van der Waals surface area contributed by atoms with Crippen LogP contribution in [0.2, 0.25) is 0 Å². The molecule has 0 fully saturated rings. The molecule has 0 spiro atoms. The van der Waals surface area contributed by atoms with Gasteiger partial charge in [0.05, 0.1) is 12.8 Å². The molecule has 1 N–H and O–H groups in total. The number of nitrogens with zero attached hydrogens (tertiary/aromatic N) is 2. The van der Waals surface area contributed by atoms with Crippen molar-refractivity contribution in [3.63, 3.8) is 0 Å². The summed E-state index contributed by atoms with van der Waals surface area (Å²) in [6.07, 6.45) is 3.47. The van der Waals surface area contributed by atoms with Gasteiger partial charge in [0.2, 0.25) is 0 Å². The normalized spacial score (nSPS) is 14.6. The van der Waals surface area contributed by atoms with Crippen molar-refractivity contribution in [2.75, 3.05) is 6.61 Å². The molecule has 1 aliphatic rings. The van der Waals surface area contributed by atoms with Crippen LogP contribution in [0.25, 0.3) is 0 Å². The number of nitrogens with one attached hydrogen (secondary N) is 1. The maximum absolute atomic E-state index is 12.5. The first-order valence-corrected chi connectivity index (χ1v) is 9.23. The Morgan fingerprint density at radius 3 is 2.96 bits per heavy atom. The SMILES string of the molecule is CC(C)n1nccc1S(=O)(=O)NCc1ccc2c(c1)CCCO2. The molecule has 0 saturated carbocycles. The first kappa shape index (κ1) is 16.0. The van der Waals surface area contributed by atoms with Crippen molar-refractivity contribution in [1.82, 2.24) is 14.5 Å². The van der Waals surface area contributed by atoms with Crippen molar-refractivity contribution in [3.05, 3.63) is 41.6 Å². The smallest absolute Gasteiger partial charge is 0.258 e. The van der Waals surface area contributed by atoms with E-state index >= 15 is 0 Å². The summed E-state index contributed by atoms with van der Waals surface area (Å²) in [6, 6.07) is 7.32. The summed E-state index contributed by atoms with van der Waals surface area (Å²) in [4.78, 5) is 0. The molecule has 0 aliphatic carbocycles. The fourth-order valence-corrected chi connectivity index (χ4v) is 3.93. The monoisotopic (exact) mass is 335 g/mol. The van der Waals surface area contributed by atoms with E-state index in [0.717, 1.165) is 36.3 Å². The maximum Gasteiger partial charge on any atom is 0.258 e. The summed E-state index contributed by atoms with van der Waals surface area (Å²) in [7, 11) is -3.59. The average molecular weight is 335 g/mol. The summed E-state index contributed by atoms with van der Waals surface area (Å²) >= 11 is 0. The number of hydrogen-bond acceptors (Lipinski definition) is 4. The van der Waals surface area contributed by atoms with Crippen molar-refractivity contribution in [2.24, 2.45) is 0 Å². The van der Waals surface area contributed by atoms with E-state index in [0.29, 0.717) is 0 Å². The third-order valence-corrected chi connectivity index (χ3v) is 5.24. The van der Waals surface area contributed by atoms with Crippen LogP contribution in [-0.4, -0.2) is 24.8 Å². The Balaban J connectivity index is 1.76. The van der Waals surface area contributed by atoms with Crippen LogP contribution in [-0.2, 0) is 23.0 Å². The second-order valence-corrected chi connectivity index (χ2v) is 7.64. The molecule has 124 valence electrons. The minimum absolute atomic E-state index is 0.0162. The Morgan fingerprint density at radius 2 is 2.17 bits per heavy atom. The zero-order valence-electron chi connectivity index (χ0n) is 13.3. The minimum atomic E-state index is -3.59. The van der Waals surface area contributed by atoms with Crippen LogP contribution in [0.3, 0.4) is 0 Å². The number of hydrogen-bond donors (Lipinski definition) is 1. The van der Waals surface area contributed by atoms with Crippen LogP contribution < -0.4 is 9.46 Å². The Labute approximate surface area is 136 Å². The topological polar surface area (TPSA) is 73.2 Å². The Hall–Kier alpha value is -1.86. The molecule has 0 amide bonds. The summed E-state index contributed by atoms with van der Waals surface area (Å²) < 4.78 is 34.7. The van der Waals surface area contributed by atoms with Crippen molar-refractivity contribution in [2.45, 2.75) is 44.3 Å². The highest BCUT2D eigenvalue weighted by Gasteiger charge is 2.20. The molecule has 0 atom stereocenters. The van der Waals surface area contributed by atoms with E-state index in [4.69, 9.17) is 4.74 Å². The van der Waals surface area contributed by atoms with Gasteiger partial charge >= 0.3 is 0 Å². The van der Waals surface area contributed by atoms with Crippen LogP contribution in [0.4, 0.5) is 0 Å². The average Bonchev–Trinajstić information content (AvgIpc) is 3.04. The van der Waals surface area contributed by atoms with E-state index in [1.54, 1.807) is 0 Å². The van der Waals surface area contributed by atoms with Gasteiger partial charge in [-0.3, -0.25) is 4.68 Å². The molecule has 3 rings (SSSR count). The summed E-state index contributed by atoms with van der Waals surface area (Å²) in [5, 5.41) is 4.26. The molecule has 6 nitrogen and oxygen atoms in total. The van der Waals surface area contributed by atoms with Crippen molar-refractivity contribution >= 4 is 10.0 Å². The second-order valence-electron chi connectivity index (χ2n) is 5.93. The zero-order chi connectivity index (χ0) is 16.4. The highest BCUT2D eigenvalue weighted by atomic mass is 32.2. The summed E-state index contributed by atoms with van der Waals surface area (Å²) in [5.41, 5.74) is 2.06. The lowest BCUT2D eigenvalue weighted by Gasteiger charge is -2.18. The van der Waals surface area contributed by atoms with Gasteiger partial charge in [-0.1, -0.05) is 12.1 Å². The molecular formula is C16H21N3O3S. The number of sulfonamides is 1. The molecule has 2 aromatic rings. The van der Waals surface area contributed by atoms with Crippen LogP contribution in [0.15, 0.2) is 35.5 Å². The number of benzene rings is 1. The van der Waals surface area contributed by atoms with E-state index in [1.807, 2.05) is 32.0 Å². The predicted molar refractivity (Wildman–Crippen MR) is 86.9 cm³/mol. The molecule has 1 aromatic heterocycles. The number of fused-ring (bicyclic) bond motifs is 1. The Kier molecular flexibility index (Phi) is 4.41. The highest BCUT2D eigenvalue weighted by Crippen LogP contribution is 2.25. The third-order valence-electron chi connectivity index (χ3n) is 3.84. The molecule has 0 bridgehead atoms. The largest absolute Gasteiger partial charge is 0.493 e. The number of aromatic nitrogens is 2. The summed E-state index contributed by atoms with van der Waals surface area (Å²) in [5.74, 6) is 0.903. The van der Waals surface area contributed by atoms with Gasteiger partial charge in [0.1, 0.15) is 5.75 Å². The van der Waals surface area contributed by atoms with Crippen molar-refractivity contribution in [1.29, 1.82) is 0 Å². The van der Waals surface area contributed by atoms with Gasteiger partial charge < -0.3 is 4.74 Å². The lowest BCUT2D eigenvalue weighted by atomic mass is 10.0. The first-order chi connectivity index (χ1) is 11.0. The van der Waals surface area contributed by atoms with Gasteiger partial charge in [-0.05, 0) is 49.9 Å². The molecule has 0 radical (unpaired) electrons. The quantitative estimate of drug-likeness (QED) is 0.910. The van der Waals surface area contributed by atoms with Gasteiger partial charge in [-0.15, -0.1) is 0 Å². The number of aryl methyl sites for hydroxylation is 1. The molecule has 23 heavy (non-hydrogen) atoms.